The Morgan fingerprint density at radius 1 is 1.17 bits per heavy atom. The van der Waals surface area contributed by atoms with Crippen molar-refractivity contribution in [3.8, 4) is 11.8 Å². The van der Waals surface area contributed by atoms with E-state index in [1.54, 1.807) is 6.07 Å². The number of rotatable bonds is 9. The number of benzene rings is 2. The van der Waals surface area contributed by atoms with Gasteiger partial charge in [0, 0.05) is 18.5 Å². The summed E-state index contributed by atoms with van der Waals surface area (Å²) in [7, 11) is 0. The molecule has 3 rings (SSSR count). The van der Waals surface area contributed by atoms with Gasteiger partial charge in [-0.3, -0.25) is 0 Å². The average Bonchev–Trinajstić information content (AvgIpc) is 3.05. The highest BCUT2D eigenvalue weighted by molar-refractivity contribution is 6.30. The fraction of sp³-hybridized carbons (Fsp3) is 0.304. The minimum Gasteiger partial charge on any atom is -0.489 e. The first kappa shape index (κ1) is 20.9. The van der Waals surface area contributed by atoms with Crippen molar-refractivity contribution < 1.29 is 9.84 Å². The van der Waals surface area contributed by atoms with Gasteiger partial charge in [-0.05, 0) is 30.2 Å². The Balaban J connectivity index is 1.70. The number of unbranched alkanes of at least 4 members (excludes halogenated alkanes) is 1. The topological polar surface area (TPSA) is 71.1 Å². The fourth-order valence-corrected chi connectivity index (χ4v) is 3.42. The molecule has 3 aromatic rings. The Morgan fingerprint density at radius 2 is 1.93 bits per heavy atom. The summed E-state index contributed by atoms with van der Waals surface area (Å²) in [6.07, 6.45) is 2.92. The van der Waals surface area contributed by atoms with Crippen molar-refractivity contribution in [3.05, 3.63) is 81.9 Å². The quantitative estimate of drug-likeness (QED) is 0.547. The van der Waals surface area contributed by atoms with Crippen molar-refractivity contribution in [2.45, 2.75) is 45.9 Å². The first-order valence-electron chi connectivity index (χ1n) is 9.70. The maximum absolute atomic E-state index is 9.69. The number of aryl methyl sites for hydroxylation is 1. The molecular weight excluding hydrogens is 386 g/mol. The largest absolute Gasteiger partial charge is 0.489 e. The molecule has 2 aromatic carbocycles. The second-order valence-corrected chi connectivity index (χ2v) is 7.17. The van der Waals surface area contributed by atoms with Crippen molar-refractivity contribution >= 4 is 11.6 Å². The highest BCUT2D eigenvalue weighted by atomic mass is 35.5. The van der Waals surface area contributed by atoms with E-state index in [0.717, 1.165) is 42.0 Å². The van der Waals surface area contributed by atoms with Crippen LogP contribution in [0.1, 0.15) is 48.0 Å². The minimum atomic E-state index is -0.141. The molecule has 1 aromatic heterocycles. The molecule has 0 unspecified atom stereocenters. The number of aromatic nitrogens is 2. The lowest BCUT2D eigenvalue weighted by Crippen LogP contribution is -2.09. The van der Waals surface area contributed by atoms with E-state index in [-0.39, 0.29) is 6.61 Å². The fourth-order valence-electron chi connectivity index (χ4n) is 3.16. The van der Waals surface area contributed by atoms with E-state index in [1.165, 1.54) is 0 Å². The van der Waals surface area contributed by atoms with E-state index < -0.39 is 0 Å². The van der Waals surface area contributed by atoms with Crippen LogP contribution in [-0.2, 0) is 26.2 Å². The lowest BCUT2D eigenvalue weighted by Gasteiger charge is -2.12. The second-order valence-electron chi connectivity index (χ2n) is 6.81. The van der Waals surface area contributed by atoms with Gasteiger partial charge in [0.05, 0.1) is 23.9 Å². The maximum atomic E-state index is 9.69. The summed E-state index contributed by atoms with van der Waals surface area (Å²) >= 11 is 6.21. The minimum absolute atomic E-state index is 0.141. The zero-order chi connectivity index (χ0) is 20.6. The van der Waals surface area contributed by atoms with E-state index in [4.69, 9.17) is 16.3 Å². The molecule has 29 heavy (non-hydrogen) atoms. The normalized spacial score (nSPS) is 10.7. The highest BCUT2D eigenvalue weighted by Crippen LogP contribution is 2.22. The Labute approximate surface area is 176 Å². The van der Waals surface area contributed by atoms with E-state index in [9.17, 15) is 10.4 Å². The predicted octanol–water partition coefficient (Wildman–Crippen LogP) is 4.87. The molecule has 1 N–H and O–H groups in total. The van der Waals surface area contributed by atoms with Gasteiger partial charge in [-0.15, -0.1) is 0 Å². The van der Waals surface area contributed by atoms with Crippen LogP contribution in [0.4, 0.5) is 0 Å². The van der Waals surface area contributed by atoms with Gasteiger partial charge < -0.3 is 14.4 Å². The number of nitriles is 1. The lowest BCUT2D eigenvalue weighted by atomic mass is 10.1. The molecule has 5 nitrogen and oxygen atoms in total. The molecule has 1 heterocycles. The van der Waals surface area contributed by atoms with Crippen molar-refractivity contribution in [1.82, 2.24) is 9.55 Å². The van der Waals surface area contributed by atoms with Gasteiger partial charge in [-0.2, -0.15) is 5.26 Å². The molecule has 0 aliphatic rings. The Bertz CT molecular complexity index is 990. The smallest absolute Gasteiger partial charge is 0.152 e. The zero-order valence-electron chi connectivity index (χ0n) is 16.4. The molecule has 0 atom stereocenters. The predicted molar refractivity (Wildman–Crippen MR) is 113 cm³/mol. The second kappa shape index (κ2) is 10.1. The number of nitrogens with zero attached hydrogens (tertiary/aromatic N) is 3. The van der Waals surface area contributed by atoms with Gasteiger partial charge in [0.2, 0.25) is 0 Å². The zero-order valence-corrected chi connectivity index (χ0v) is 17.2. The van der Waals surface area contributed by atoms with Gasteiger partial charge in [0.15, 0.2) is 5.15 Å². The first-order valence-corrected chi connectivity index (χ1v) is 10.1. The summed E-state index contributed by atoms with van der Waals surface area (Å²) in [5.41, 5.74) is 3.19. The van der Waals surface area contributed by atoms with Crippen LogP contribution in [0.3, 0.4) is 0 Å². The number of halogens is 1. The third kappa shape index (κ3) is 5.17. The highest BCUT2D eigenvalue weighted by Gasteiger charge is 2.15. The van der Waals surface area contributed by atoms with E-state index in [1.807, 2.05) is 47.0 Å². The standard InChI is InChI=1S/C23H24ClN3O2/c1-2-3-8-22-26-23(24)21(15-28)27(22)14-17-9-11-20(12-10-17)29-16-19-7-5-4-6-18(19)13-25/h4-7,9-12,28H,2-3,8,14-16H2,1H3. The molecule has 6 heteroatoms. The van der Waals surface area contributed by atoms with Crippen LogP contribution in [0, 0.1) is 11.3 Å². The van der Waals surface area contributed by atoms with E-state index in [0.29, 0.717) is 29.6 Å². The monoisotopic (exact) mass is 409 g/mol. The molecule has 0 radical (unpaired) electrons. The SMILES string of the molecule is CCCCc1nc(Cl)c(CO)n1Cc1ccc(OCc2ccccc2C#N)cc1. The van der Waals surface area contributed by atoms with Gasteiger partial charge in [-0.25, -0.2) is 4.98 Å². The summed E-state index contributed by atoms with van der Waals surface area (Å²) in [5.74, 6) is 1.63. The Kier molecular flexibility index (Phi) is 7.29. The number of aliphatic hydroxyl groups is 1. The summed E-state index contributed by atoms with van der Waals surface area (Å²) in [6, 6.07) is 17.4. The number of hydrogen-bond acceptors (Lipinski definition) is 4. The van der Waals surface area contributed by atoms with Crippen LogP contribution in [0.5, 0.6) is 5.75 Å². The van der Waals surface area contributed by atoms with Crippen LogP contribution in [0.2, 0.25) is 5.15 Å². The van der Waals surface area contributed by atoms with Crippen LogP contribution >= 0.6 is 11.6 Å². The van der Waals surface area contributed by atoms with Gasteiger partial charge in [0.25, 0.3) is 0 Å². The van der Waals surface area contributed by atoms with Crippen LogP contribution < -0.4 is 4.74 Å². The third-order valence-electron chi connectivity index (χ3n) is 4.80. The van der Waals surface area contributed by atoms with E-state index in [2.05, 4.69) is 18.0 Å². The molecule has 0 fully saturated rings. The molecule has 0 bridgehead atoms. The average molecular weight is 410 g/mol. The molecule has 150 valence electrons. The van der Waals surface area contributed by atoms with Gasteiger partial charge in [-0.1, -0.05) is 55.3 Å². The van der Waals surface area contributed by atoms with Crippen molar-refractivity contribution in [3.63, 3.8) is 0 Å². The maximum Gasteiger partial charge on any atom is 0.152 e. The molecule has 0 saturated heterocycles. The van der Waals surface area contributed by atoms with Crippen molar-refractivity contribution in [1.29, 1.82) is 5.26 Å². The molecular formula is C23H24ClN3O2. The number of hydrogen-bond donors (Lipinski definition) is 1. The van der Waals surface area contributed by atoms with Crippen molar-refractivity contribution in [2.75, 3.05) is 0 Å². The Hall–Kier alpha value is -2.81. The number of imidazole rings is 1. The first-order chi connectivity index (χ1) is 14.2. The molecule has 0 saturated carbocycles. The van der Waals surface area contributed by atoms with Gasteiger partial charge >= 0.3 is 0 Å². The lowest BCUT2D eigenvalue weighted by molar-refractivity contribution is 0.271. The molecule has 0 aliphatic carbocycles. The number of aliphatic hydroxyl groups excluding tert-OH is 1. The molecule has 0 amide bonds. The van der Waals surface area contributed by atoms with Crippen LogP contribution in [0.25, 0.3) is 0 Å². The Morgan fingerprint density at radius 3 is 2.62 bits per heavy atom. The molecule has 0 aliphatic heterocycles. The summed E-state index contributed by atoms with van der Waals surface area (Å²) in [4.78, 5) is 4.43. The van der Waals surface area contributed by atoms with Crippen LogP contribution in [-0.4, -0.2) is 14.7 Å². The third-order valence-corrected chi connectivity index (χ3v) is 5.11. The van der Waals surface area contributed by atoms with Crippen molar-refractivity contribution in [2.24, 2.45) is 0 Å². The molecule has 0 spiro atoms. The number of ether oxygens (including phenoxy) is 1. The van der Waals surface area contributed by atoms with E-state index >= 15 is 0 Å². The van der Waals surface area contributed by atoms with Gasteiger partial charge in [0.1, 0.15) is 18.2 Å². The summed E-state index contributed by atoms with van der Waals surface area (Å²) in [6.45, 7) is 2.93. The summed E-state index contributed by atoms with van der Waals surface area (Å²) in [5, 5.41) is 19.2. The van der Waals surface area contributed by atoms with Crippen LogP contribution in [0.15, 0.2) is 48.5 Å². The summed E-state index contributed by atoms with van der Waals surface area (Å²) < 4.78 is 7.83.